The first-order valence-electron chi connectivity index (χ1n) is 9.89. The van der Waals surface area contributed by atoms with Crippen molar-refractivity contribution in [1.82, 2.24) is 15.5 Å². The van der Waals surface area contributed by atoms with Gasteiger partial charge in [0.2, 0.25) is 11.8 Å². The summed E-state index contributed by atoms with van der Waals surface area (Å²) < 4.78 is 0. The molecule has 0 spiro atoms. The van der Waals surface area contributed by atoms with Crippen molar-refractivity contribution in [2.45, 2.75) is 38.9 Å². The Kier molecular flexibility index (Phi) is 5.65. The minimum Gasteiger partial charge on any atom is -0.334 e. The van der Waals surface area contributed by atoms with Crippen LogP contribution in [0.3, 0.4) is 0 Å². The van der Waals surface area contributed by atoms with Gasteiger partial charge in [-0.1, -0.05) is 29.8 Å². The maximum atomic E-state index is 12.9. The molecule has 9 heteroatoms. The number of imide groups is 1. The Morgan fingerprint density at radius 3 is 2.74 bits per heavy atom. The molecule has 1 saturated heterocycles. The minimum atomic E-state index is -0.647. The van der Waals surface area contributed by atoms with E-state index >= 15 is 0 Å². The third-order valence-corrected chi connectivity index (χ3v) is 5.88. The second kappa shape index (κ2) is 8.39. The summed E-state index contributed by atoms with van der Waals surface area (Å²) in [6.07, 6.45) is 0.537. The largest absolute Gasteiger partial charge is 0.334 e. The number of fused-ring (bicyclic) bond motifs is 1. The molecular weight excluding hydrogens is 420 g/mol. The topological polar surface area (TPSA) is 108 Å². The number of halogens is 1. The van der Waals surface area contributed by atoms with E-state index in [-0.39, 0.29) is 24.8 Å². The minimum absolute atomic E-state index is 0.215. The molecule has 1 atom stereocenters. The van der Waals surface area contributed by atoms with E-state index in [1.165, 1.54) is 4.90 Å². The summed E-state index contributed by atoms with van der Waals surface area (Å²) in [7, 11) is 0. The van der Waals surface area contributed by atoms with Gasteiger partial charge in [-0.3, -0.25) is 19.7 Å². The zero-order chi connectivity index (χ0) is 22.1. The average Bonchev–Trinajstić information content (AvgIpc) is 3.05. The molecule has 2 aromatic carbocycles. The number of piperidine rings is 1. The molecule has 160 valence electrons. The number of rotatable bonds is 4. The fraction of sp³-hybridized carbons (Fsp3) is 0.273. The van der Waals surface area contributed by atoms with Crippen molar-refractivity contribution < 1.29 is 19.2 Å². The number of benzene rings is 2. The van der Waals surface area contributed by atoms with Crippen LogP contribution in [0, 0.1) is 6.92 Å². The van der Waals surface area contributed by atoms with Crippen LogP contribution in [0.4, 0.5) is 10.5 Å². The normalized spacial score (nSPS) is 17.9. The Morgan fingerprint density at radius 1 is 1.19 bits per heavy atom. The monoisotopic (exact) mass is 440 g/mol. The van der Waals surface area contributed by atoms with Gasteiger partial charge in [-0.15, -0.1) is 0 Å². The number of nitrogens with zero attached hydrogens (tertiary/aromatic N) is 1. The summed E-state index contributed by atoms with van der Waals surface area (Å²) in [4.78, 5) is 50.1. The number of hydrogen-bond donors (Lipinski definition) is 3. The van der Waals surface area contributed by atoms with Gasteiger partial charge in [0.05, 0.1) is 0 Å². The average molecular weight is 441 g/mol. The summed E-state index contributed by atoms with van der Waals surface area (Å²) in [6, 6.07) is 9.61. The van der Waals surface area contributed by atoms with E-state index in [0.717, 1.165) is 16.7 Å². The molecule has 2 heterocycles. The summed E-state index contributed by atoms with van der Waals surface area (Å²) in [5.74, 6) is -0.998. The molecule has 2 aliphatic rings. The summed E-state index contributed by atoms with van der Waals surface area (Å²) >= 11 is 6.07. The standard InChI is InChI=1S/C22H21ClN4O4/c1-12-2-5-15(9-17(12)23)25-22(31)24-10-13-3-4-14-11-27(21(30)16(14)8-13)18-6-7-19(28)26-20(18)29/h2-5,8-9,18H,6-7,10-11H2,1H3,(H2,24,25,31)(H,26,28,29). The van der Waals surface area contributed by atoms with Gasteiger partial charge in [0.25, 0.3) is 5.91 Å². The predicted octanol–water partition coefficient (Wildman–Crippen LogP) is 2.73. The van der Waals surface area contributed by atoms with E-state index in [1.807, 2.05) is 25.1 Å². The highest BCUT2D eigenvalue weighted by Gasteiger charge is 2.39. The van der Waals surface area contributed by atoms with E-state index in [0.29, 0.717) is 29.2 Å². The molecule has 2 aromatic rings. The number of hydrogen-bond acceptors (Lipinski definition) is 4. The van der Waals surface area contributed by atoms with Crippen molar-refractivity contribution in [1.29, 1.82) is 0 Å². The van der Waals surface area contributed by atoms with Gasteiger partial charge in [0.15, 0.2) is 0 Å². The molecule has 0 aromatic heterocycles. The molecule has 0 saturated carbocycles. The lowest BCUT2D eigenvalue weighted by atomic mass is 10.0. The van der Waals surface area contributed by atoms with Crippen LogP contribution in [0.15, 0.2) is 36.4 Å². The van der Waals surface area contributed by atoms with Crippen LogP contribution in [-0.2, 0) is 22.7 Å². The Bertz CT molecular complexity index is 1100. The van der Waals surface area contributed by atoms with Gasteiger partial charge in [-0.2, -0.15) is 0 Å². The molecule has 0 bridgehead atoms. The molecule has 2 aliphatic heterocycles. The number of nitrogens with one attached hydrogen (secondary N) is 3. The van der Waals surface area contributed by atoms with Crippen molar-refractivity contribution in [3.63, 3.8) is 0 Å². The highest BCUT2D eigenvalue weighted by atomic mass is 35.5. The Balaban J connectivity index is 1.38. The van der Waals surface area contributed by atoms with Crippen molar-refractivity contribution in [2.75, 3.05) is 5.32 Å². The number of aryl methyl sites for hydroxylation is 1. The molecule has 0 aliphatic carbocycles. The van der Waals surface area contributed by atoms with Gasteiger partial charge in [-0.05, 0) is 48.2 Å². The highest BCUT2D eigenvalue weighted by Crippen LogP contribution is 2.28. The smallest absolute Gasteiger partial charge is 0.319 e. The van der Waals surface area contributed by atoms with Crippen LogP contribution in [0.2, 0.25) is 5.02 Å². The van der Waals surface area contributed by atoms with Crippen LogP contribution >= 0.6 is 11.6 Å². The molecule has 5 amide bonds. The van der Waals surface area contributed by atoms with Gasteiger partial charge < -0.3 is 15.5 Å². The Hall–Kier alpha value is -3.39. The van der Waals surface area contributed by atoms with E-state index in [1.54, 1.807) is 18.2 Å². The number of urea groups is 1. The van der Waals surface area contributed by atoms with Crippen LogP contribution in [-0.4, -0.2) is 34.7 Å². The van der Waals surface area contributed by atoms with E-state index in [9.17, 15) is 19.2 Å². The highest BCUT2D eigenvalue weighted by molar-refractivity contribution is 6.31. The molecule has 4 rings (SSSR count). The van der Waals surface area contributed by atoms with Gasteiger partial charge in [0, 0.05) is 35.8 Å². The molecule has 1 fully saturated rings. The molecule has 31 heavy (non-hydrogen) atoms. The Morgan fingerprint density at radius 2 is 2.00 bits per heavy atom. The van der Waals surface area contributed by atoms with Gasteiger partial charge >= 0.3 is 6.03 Å². The number of amides is 5. The first kappa shape index (κ1) is 20.9. The Labute approximate surface area is 183 Å². The zero-order valence-corrected chi connectivity index (χ0v) is 17.6. The summed E-state index contributed by atoms with van der Waals surface area (Å²) in [5.41, 5.74) is 3.58. The number of carbonyl (C=O) groups is 4. The van der Waals surface area contributed by atoms with Crippen LogP contribution in [0.1, 0.15) is 39.9 Å². The second-order valence-electron chi connectivity index (χ2n) is 7.66. The van der Waals surface area contributed by atoms with Gasteiger partial charge in [-0.25, -0.2) is 4.79 Å². The molecule has 1 unspecified atom stereocenters. The molecule has 0 radical (unpaired) electrons. The van der Waals surface area contributed by atoms with Crippen LogP contribution in [0.5, 0.6) is 0 Å². The molecule has 3 N–H and O–H groups in total. The van der Waals surface area contributed by atoms with E-state index < -0.39 is 18.0 Å². The summed E-state index contributed by atoms with van der Waals surface area (Å²) in [6.45, 7) is 2.43. The van der Waals surface area contributed by atoms with Crippen LogP contribution < -0.4 is 16.0 Å². The third kappa shape index (κ3) is 4.39. The lowest BCUT2D eigenvalue weighted by Crippen LogP contribution is -2.52. The third-order valence-electron chi connectivity index (χ3n) is 5.48. The van der Waals surface area contributed by atoms with Crippen molar-refractivity contribution in [3.05, 3.63) is 63.7 Å². The molecular formula is C22H21ClN4O4. The lowest BCUT2D eigenvalue weighted by Gasteiger charge is -2.29. The fourth-order valence-electron chi connectivity index (χ4n) is 3.74. The zero-order valence-electron chi connectivity index (χ0n) is 16.8. The maximum absolute atomic E-state index is 12.9. The number of carbonyl (C=O) groups excluding carboxylic acids is 4. The quantitative estimate of drug-likeness (QED) is 0.635. The van der Waals surface area contributed by atoms with Crippen LogP contribution in [0.25, 0.3) is 0 Å². The maximum Gasteiger partial charge on any atom is 0.319 e. The SMILES string of the molecule is Cc1ccc(NC(=O)NCc2ccc3c(c2)C(=O)N(C2CCC(=O)NC2=O)C3)cc1Cl. The van der Waals surface area contributed by atoms with Gasteiger partial charge in [0.1, 0.15) is 6.04 Å². The first-order valence-corrected chi connectivity index (χ1v) is 10.3. The summed E-state index contributed by atoms with van der Waals surface area (Å²) in [5, 5.41) is 8.33. The number of anilines is 1. The molecule has 8 nitrogen and oxygen atoms in total. The first-order chi connectivity index (χ1) is 14.8. The second-order valence-corrected chi connectivity index (χ2v) is 8.07. The van der Waals surface area contributed by atoms with Crippen molar-refractivity contribution in [3.8, 4) is 0 Å². The van der Waals surface area contributed by atoms with Crippen molar-refractivity contribution >= 4 is 41.0 Å². The van der Waals surface area contributed by atoms with E-state index in [4.69, 9.17) is 11.6 Å². The van der Waals surface area contributed by atoms with E-state index in [2.05, 4.69) is 16.0 Å². The lowest BCUT2D eigenvalue weighted by molar-refractivity contribution is -0.136. The predicted molar refractivity (Wildman–Crippen MR) is 115 cm³/mol. The fourth-order valence-corrected chi connectivity index (χ4v) is 3.92. The van der Waals surface area contributed by atoms with Crippen molar-refractivity contribution in [2.24, 2.45) is 0 Å².